The van der Waals surface area contributed by atoms with Crippen LogP contribution in [0.5, 0.6) is 5.75 Å². The molecular formula is C13H15Cl2NO3. The van der Waals surface area contributed by atoms with Crippen molar-refractivity contribution in [3.63, 3.8) is 0 Å². The summed E-state index contributed by atoms with van der Waals surface area (Å²) in [6.07, 6.45) is 2.17. The van der Waals surface area contributed by atoms with Crippen molar-refractivity contribution in [2.75, 3.05) is 20.3 Å². The average molecular weight is 304 g/mol. The molecule has 1 atom stereocenters. The number of fused-ring (bicyclic) bond motifs is 1. The highest BCUT2D eigenvalue weighted by atomic mass is 35.5. The molecule has 104 valence electrons. The molecule has 0 bridgehead atoms. The highest BCUT2D eigenvalue weighted by molar-refractivity contribution is 6.42. The van der Waals surface area contributed by atoms with Crippen LogP contribution in [-0.4, -0.2) is 37.3 Å². The van der Waals surface area contributed by atoms with E-state index in [-0.39, 0.29) is 6.09 Å². The second kappa shape index (κ2) is 6.35. The summed E-state index contributed by atoms with van der Waals surface area (Å²) in [5.41, 5.74) is 0. The molecule has 2 fully saturated rings. The largest absolute Gasteiger partial charge is 0.497 e. The van der Waals surface area contributed by atoms with Gasteiger partial charge in [-0.05, 0) is 25.0 Å². The molecule has 4 nitrogen and oxygen atoms in total. The zero-order valence-corrected chi connectivity index (χ0v) is 12.1. The van der Waals surface area contributed by atoms with Crippen LogP contribution in [0.1, 0.15) is 12.8 Å². The van der Waals surface area contributed by atoms with Gasteiger partial charge in [0, 0.05) is 12.6 Å². The molecule has 0 unspecified atom stereocenters. The Hall–Kier alpha value is -1.13. The number of nitrogens with zero attached hydrogens (tertiary/aromatic N) is 1. The first-order chi connectivity index (χ1) is 9.11. The smallest absolute Gasteiger partial charge is 0.410 e. The lowest BCUT2D eigenvalue weighted by Gasteiger charge is -2.08. The van der Waals surface area contributed by atoms with E-state index >= 15 is 0 Å². The molecule has 2 aliphatic heterocycles. The van der Waals surface area contributed by atoms with Crippen molar-refractivity contribution >= 4 is 29.3 Å². The van der Waals surface area contributed by atoms with Crippen molar-refractivity contribution in [2.24, 2.45) is 0 Å². The van der Waals surface area contributed by atoms with E-state index < -0.39 is 0 Å². The molecule has 0 spiro atoms. The molecule has 0 N–H and O–H groups in total. The van der Waals surface area contributed by atoms with Gasteiger partial charge in [0.25, 0.3) is 0 Å². The third-order valence-corrected chi connectivity index (χ3v) is 3.88. The zero-order chi connectivity index (χ0) is 13.8. The summed E-state index contributed by atoms with van der Waals surface area (Å²) >= 11 is 11.3. The minimum atomic E-state index is -0.113. The van der Waals surface area contributed by atoms with E-state index in [0.717, 1.165) is 25.1 Å². The van der Waals surface area contributed by atoms with Gasteiger partial charge in [0.15, 0.2) is 0 Å². The highest BCUT2D eigenvalue weighted by Crippen LogP contribution is 2.25. The van der Waals surface area contributed by atoms with E-state index in [4.69, 9.17) is 32.7 Å². The van der Waals surface area contributed by atoms with Crippen LogP contribution in [0.3, 0.4) is 0 Å². The van der Waals surface area contributed by atoms with Crippen molar-refractivity contribution in [3.8, 4) is 5.75 Å². The van der Waals surface area contributed by atoms with Crippen LogP contribution >= 0.6 is 23.2 Å². The van der Waals surface area contributed by atoms with Crippen LogP contribution in [0.2, 0.25) is 10.0 Å². The first kappa shape index (κ1) is 14.3. The predicted molar refractivity (Wildman–Crippen MR) is 74.1 cm³/mol. The van der Waals surface area contributed by atoms with Crippen molar-refractivity contribution in [2.45, 2.75) is 18.9 Å². The summed E-state index contributed by atoms with van der Waals surface area (Å²) < 4.78 is 9.71. The Morgan fingerprint density at radius 2 is 2.16 bits per heavy atom. The summed E-state index contributed by atoms with van der Waals surface area (Å²) in [4.78, 5) is 12.6. The number of carbonyl (C=O) groups excluding carboxylic acids is 1. The van der Waals surface area contributed by atoms with Gasteiger partial charge in [-0.15, -0.1) is 0 Å². The number of benzene rings is 1. The van der Waals surface area contributed by atoms with E-state index in [0.29, 0.717) is 22.7 Å². The number of hydrogen-bond donors (Lipinski definition) is 0. The van der Waals surface area contributed by atoms with Gasteiger partial charge in [-0.1, -0.05) is 23.2 Å². The third kappa shape index (κ3) is 3.45. The maximum Gasteiger partial charge on any atom is 0.410 e. The molecule has 1 amide bonds. The van der Waals surface area contributed by atoms with Crippen molar-refractivity contribution in [1.82, 2.24) is 4.90 Å². The van der Waals surface area contributed by atoms with Crippen molar-refractivity contribution in [1.29, 1.82) is 0 Å². The molecule has 1 aromatic carbocycles. The van der Waals surface area contributed by atoms with Crippen molar-refractivity contribution in [3.05, 3.63) is 28.2 Å². The first-order valence-corrected chi connectivity index (χ1v) is 6.80. The number of amides is 1. The molecule has 0 aliphatic carbocycles. The fourth-order valence-electron chi connectivity index (χ4n) is 2.10. The Balaban J connectivity index is 0.000000141. The molecule has 3 rings (SSSR count). The summed E-state index contributed by atoms with van der Waals surface area (Å²) in [5, 5.41) is 1.06. The summed E-state index contributed by atoms with van der Waals surface area (Å²) in [6, 6.07) is 5.54. The van der Waals surface area contributed by atoms with Gasteiger partial charge in [0.2, 0.25) is 0 Å². The van der Waals surface area contributed by atoms with E-state index in [1.165, 1.54) is 0 Å². The van der Waals surface area contributed by atoms with Crippen LogP contribution in [0.4, 0.5) is 4.79 Å². The van der Waals surface area contributed by atoms with Gasteiger partial charge in [-0.25, -0.2) is 4.79 Å². The summed E-state index contributed by atoms with van der Waals surface area (Å²) in [6.45, 7) is 1.53. The van der Waals surface area contributed by atoms with Gasteiger partial charge < -0.3 is 14.4 Å². The number of ether oxygens (including phenoxy) is 2. The molecule has 1 aromatic rings. The Morgan fingerprint density at radius 1 is 1.37 bits per heavy atom. The fourth-order valence-corrected chi connectivity index (χ4v) is 2.39. The molecule has 2 saturated heterocycles. The molecule has 0 saturated carbocycles. The average Bonchev–Trinajstić information content (AvgIpc) is 3.00. The molecule has 0 aromatic heterocycles. The zero-order valence-electron chi connectivity index (χ0n) is 10.6. The van der Waals surface area contributed by atoms with E-state index in [1.54, 1.807) is 25.3 Å². The monoisotopic (exact) mass is 303 g/mol. The summed E-state index contributed by atoms with van der Waals surface area (Å²) in [7, 11) is 1.58. The highest BCUT2D eigenvalue weighted by Gasteiger charge is 2.36. The van der Waals surface area contributed by atoms with Gasteiger partial charge in [0.1, 0.15) is 12.4 Å². The Kier molecular flexibility index (Phi) is 4.77. The normalized spacial score (nSPS) is 20.5. The summed E-state index contributed by atoms with van der Waals surface area (Å²) in [5.74, 6) is 0.717. The minimum absolute atomic E-state index is 0.113. The minimum Gasteiger partial charge on any atom is -0.497 e. The van der Waals surface area contributed by atoms with Crippen LogP contribution in [0, 0.1) is 0 Å². The lowest BCUT2D eigenvalue weighted by Crippen LogP contribution is -2.26. The molecular weight excluding hydrogens is 289 g/mol. The molecule has 19 heavy (non-hydrogen) atoms. The quantitative estimate of drug-likeness (QED) is 0.795. The van der Waals surface area contributed by atoms with Gasteiger partial charge in [-0.3, -0.25) is 0 Å². The number of hydrogen-bond acceptors (Lipinski definition) is 3. The van der Waals surface area contributed by atoms with Gasteiger partial charge >= 0.3 is 6.09 Å². The Labute approximate surface area is 122 Å². The molecule has 2 aliphatic rings. The van der Waals surface area contributed by atoms with Crippen LogP contribution in [0.15, 0.2) is 18.2 Å². The van der Waals surface area contributed by atoms with E-state index in [2.05, 4.69) is 0 Å². The Bertz CT molecular complexity index is 467. The molecule has 6 heteroatoms. The maximum atomic E-state index is 10.8. The van der Waals surface area contributed by atoms with E-state index in [9.17, 15) is 4.79 Å². The second-order valence-electron chi connectivity index (χ2n) is 4.35. The third-order valence-electron chi connectivity index (χ3n) is 3.14. The number of carbonyl (C=O) groups is 1. The van der Waals surface area contributed by atoms with Crippen LogP contribution < -0.4 is 4.74 Å². The van der Waals surface area contributed by atoms with Gasteiger partial charge in [-0.2, -0.15) is 0 Å². The standard InChI is InChI=1S/C7H6Cl2O.C6H9NO2/c1-10-5-2-3-6(8)7(9)4-5;8-6-7-3-1-2-5(7)4-9-6/h2-4H,1H3;5H,1-4H2/t;5-/m.0/s1. The number of cyclic esters (lactones) is 1. The lowest BCUT2D eigenvalue weighted by molar-refractivity contribution is 0.159. The van der Waals surface area contributed by atoms with Crippen LogP contribution in [0.25, 0.3) is 0 Å². The number of rotatable bonds is 1. The Morgan fingerprint density at radius 3 is 2.79 bits per heavy atom. The predicted octanol–water partition coefficient (Wildman–Crippen LogP) is 3.60. The fraction of sp³-hybridized carbons (Fsp3) is 0.462. The number of halogens is 2. The number of methoxy groups -OCH3 is 1. The van der Waals surface area contributed by atoms with E-state index in [1.807, 2.05) is 4.90 Å². The molecule has 2 heterocycles. The van der Waals surface area contributed by atoms with Crippen LogP contribution in [-0.2, 0) is 4.74 Å². The van der Waals surface area contributed by atoms with Gasteiger partial charge in [0.05, 0.1) is 23.2 Å². The topological polar surface area (TPSA) is 38.8 Å². The SMILES string of the molecule is COc1ccc(Cl)c(Cl)c1.O=C1OC[C@@H]2CCCN12. The second-order valence-corrected chi connectivity index (χ2v) is 5.16. The first-order valence-electron chi connectivity index (χ1n) is 6.04. The lowest BCUT2D eigenvalue weighted by atomic mass is 10.2. The maximum absolute atomic E-state index is 10.8. The molecule has 0 radical (unpaired) electrons. The van der Waals surface area contributed by atoms with Crippen molar-refractivity contribution < 1.29 is 14.3 Å².